The van der Waals surface area contributed by atoms with E-state index in [2.05, 4.69) is 0 Å². The summed E-state index contributed by atoms with van der Waals surface area (Å²) in [4.78, 5) is 14.7. The molecule has 0 radical (unpaired) electrons. The summed E-state index contributed by atoms with van der Waals surface area (Å²) in [6.07, 6.45) is 0. The van der Waals surface area contributed by atoms with Crippen LogP contribution in [0.3, 0.4) is 0 Å². The smallest absolute Gasteiger partial charge is 0.477 e. The first kappa shape index (κ1) is 17.0. The largest absolute Gasteiger partial charge is 0.834 e. The lowest BCUT2D eigenvalue weighted by molar-refractivity contribution is -0.378. The van der Waals surface area contributed by atoms with Crippen molar-refractivity contribution < 1.29 is 32.8 Å². The second kappa shape index (κ2) is 9.83. The van der Waals surface area contributed by atoms with Crippen molar-refractivity contribution in [2.75, 3.05) is 19.8 Å². The summed E-state index contributed by atoms with van der Waals surface area (Å²) >= 11 is 0. The topological polar surface area (TPSA) is 64.6 Å². The van der Waals surface area contributed by atoms with Gasteiger partial charge in [-0.05, 0) is 32.9 Å². The van der Waals surface area contributed by atoms with Crippen molar-refractivity contribution in [3.63, 3.8) is 0 Å². The van der Waals surface area contributed by atoms with Crippen LogP contribution >= 0.6 is 0 Å². The SMILES string of the molecule is CCOO[Si](OOCC)(OOCC)Oc1ccccc1. The monoisotopic (exact) mass is 304 g/mol. The molecule has 1 rings (SSSR count). The highest BCUT2D eigenvalue weighted by atomic mass is 28.4. The minimum atomic E-state index is -3.77. The van der Waals surface area contributed by atoms with Crippen LogP contribution in [0.25, 0.3) is 0 Å². The first-order valence-corrected chi connectivity index (χ1v) is 8.05. The highest BCUT2D eigenvalue weighted by Gasteiger charge is 2.55. The third-order valence-corrected chi connectivity index (χ3v) is 3.27. The Labute approximate surface area is 119 Å². The molecule has 114 valence electrons. The lowest BCUT2D eigenvalue weighted by Crippen LogP contribution is -2.52. The van der Waals surface area contributed by atoms with Crippen LogP contribution in [0.1, 0.15) is 20.8 Å². The summed E-state index contributed by atoms with van der Waals surface area (Å²) in [5, 5.41) is 0. The molecule has 0 saturated carbocycles. The van der Waals surface area contributed by atoms with E-state index in [1.54, 1.807) is 45.0 Å². The van der Waals surface area contributed by atoms with Crippen LogP contribution in [0.15, 0.2) is 30.3 Å². The van der Waals surface area contributed by atoms with Crippen molar-refractivity contribution in [3.8, 4) is 5.75 Å². The Kier molecular flexibility index (Phi) is 8.38. The van der Waals surface area contributed by atoms with Gasteiger partial charge in [-0.2, -0.15) is 13.7 Å². The van der Waals surface area contributed by atoms with Gasteiger partial charge in [0, 0.05) is 0 Å². The van der Waals surface area contributed by atoms with Gasteiger partial charge in [0.25, 0.3) is 0 Å². The molecule has 7 nitrogen and oxygen atoms in total. The third kappa shape index (κ3) is 5.97. The van der Waals surface area contributed by atoms with Crippen LogP contribution in [0.5, 0.6) is 5.75 Å². The van der Waals surface area contributed by atoms with Gasteiger partial charge < -0.3 is 4.43 Å². The van der Waals surface area contributed by atoms with Crippen molar-refractivity contribution in [3.05, 3.63) is 30.3 Å². The van der Waals surface area contributed by atoms with Crippen LogP contribution in [-0.2, 0) is 28.4 Å². The van der Waals surface area contributed by atoms with Gasteiger partial charge in [0.15, 0.2) is 0 Å². The molecule has 0 fully saturated rings. The molecule has 1 aromatic rings. The van der Waals surface area contributed by atoms with Gasteiger partial charge in [0.1, 0.15) is 5.75 Å². The summed E-state index contributed by atoms with van der Waals surface area (Å²) in [6, 6.07) is 8.91. The molecule has 0 aliphatic heterocycles. The molecular weight excluding hydrogens is 284 g/mol. The maximum Gasteiger partial charge on any atom is 0.834 e. The number of rotatable bonds is 11. The maximum atomic E-state index is 5.61. The van der Waals surface area contributed by atoms with E-state index >= 15 is 0 Å². The molecular formula is C12H20O7Si. The number of benzene rings is 1. The molecule has 0 spiro atoms. The van der Waals surface area contributed by atoms with Crippen molar-refractivity contribution in [1.82, 2.24) is 0 Å². The zero-order valence-electron chi connectivity index (χ0n) is 11.9. The number of para-hydroxylation sites is 1. The Bertz CT molecular complexity index is 327. The molecule has 20 heavy (non-hydrogen) atoms. The molecule has 0 bridgehead atoms. The first-order valence-electron chi connectivity index (χ1n) is 6.42. The van der Waals surface area contributed by atoms with E-state index in [9.17, 15) is 0 Å². The second-order valence-corrected chi connectivity index (χ2v) is 5.09. The summed E-state index contributed by atoms with van der Waals surface area (Å²) in [5.41, 5.74) is 0. The minimum Gasteiger partial charge on any atom is -0.477 e. The summed E-state index contributed by atoms with van der Waals surface area (Å²) in [7, 11) is -3.77. The van der Waals surface area contributed by atoms with Gasteiger partial charge in [-0.15, -0.1) is 0 Å². The Morgan fingerprint density at radius 2 is 1.20 bits per heavy atom. The molecule has 1 aromatic carbocycles. The number of hydrogen-bond acceptors (Lipinski definition) is 7. The van der Waals surface area contributed by atoms with Gasteiger partial charge >= 0.3 is 9.05 Å². The average molecular weight is 304 g/mol. The Balaban J connectivity index is 2.81. The molecule has 0 aromatic heterocycles. The fourth-order valence-corrected chi connectivity index (χ4v) is 2.52. The van der Waals surface area contributed by atoms with Gasteiger partial charge in [-0.25, -0.2) is 14.7 Å². The fourth-order valence-electron chi connectivity index (χ4n) is 1.12. The first-order chi connectivity index (χ1) is 9.76. The Hall–Kier alpha value is -1.00. The molecule has 8 heteroatoms. The molecule has 0 aliphatic rings. The van der Waals surface area contributed by atoms with Crippen molar-refractivity contribution in [2.45, 2.75) is 20.8 Å². The Morgan fingerprint density at radius 3 is 1.60 bits per heavy atom. The van der Waals surface area contributed by atoms with Crippen LogP contribution in [0.4, 0.5) is 0 Å². The lowest BCUT2D eigenvalue weighted by atomic mass is 10.3. The van der Waals surface area contributed by atoms with E-state index in [1.165, 1.54) is 0 Å². The summed E-state index contributed by atoms with van der Waals surface area (Å²) in [6.45, 7) is 6.13. The van der Waals surface area contributed by atoms with Crippen molar-refractivity contribution in [2.24, 2.45) is 0 Å². The second-order valence-electron chi connectivity index (χ2n) is 3.38. The van der Waals surface area contributed by atoms with E-state index < -0.39 is 9.05 Å². The average Bonchev–Trinajstić information content (AvgIpc) is 2.49. The summed E-state index contributed by atoms with van der Waals surface area (Å²) in [5.74, 6) is 0.485. The molecule has 0 unspecified atom stereocenters. The predicted molar refractivity (Wildman–Crippen MR) is 71.0 cm³/mol. The maximum absolute atomic E-state index is 5.61. The minimum absolute atomic E-state index is 0.290. The van der Waals surface area contributed by atoms with E-state index in [1.807, 2.05) is 6.07 Å². The zero-order chi connectivity index (χ0) is 14.7. The molecule has 0 aliphatic carbocycles. The van der Waals surface area contributed by atoms with Crippen molar-refractivity contribution >= 4 is 9.05 Å². The molecule has 0 N–H and O–H groups in total. The zero-order valence-corrected chi connectivity index (χ0v) is 12.9. The quantitative estimate of drug-likeness (QED) is 0.353. The van der Waals surface area contributed by atoms with Gasteiger partial charge in [0.2, 0.25) is 0 Å². The Morgan fingerprint density at radius 1 is 0.750 bits per heavy atom. The van der Waals surface area contributed by atoms with Crippen LogP contribution in [0, 0.1) is 0 Å². The fraction of sp³-hybridized carbons (Fsp3) is 0.500. The number of hydrogen-bond donors (Lipinski definition) is 0. The third-order valence-electron chi connectivity index (χ3n) is 1.82. The van der Waals surface area contributed by atoms with Crippen LogP contribution in [0.2, 0.25) is 0 Å². The van der Waals surface area contributed by atoms with Gasteiger partial charge in [-0.3, -0.25) is 0 Å². The lowest BCUT2D eigenvalue weighted by Gasteiger charge is -2.24. The van der Waals surface area contributed by atoms with E-state index in [0.29, 0.717) is 5.75 Å². The normalized spacial score (nSPS) is 11.6. The van der Waals surface area contributed by atoms with Crippen LogP contribution in [-0.4, -0.2) is 28.9 Å². The molecule has 0 saturated heterocycles. The van der Waals surface area contributed by atoms with E-state index in [-0.39, 0.29) is 19.8 Å². The standard InChI is InChI=1S/C12H20O7Si/c1-4-13-17-20(18-14-5-2,19-15-6-3)16-12-10-8-7-9-11-12/h7-11H,4-6H2,1-3H3. The van der Waals surface area contributed by atoms with Gasteiger partial charge in [0.05, 0.1) is 19.8 Å². The van der Waals surface area contributed by atoms with Gasteiger partial charge in [-0.1, -0.05) is 18.2 Å². The molecule has 0 atom stereocenters. The predicted octanol–water partition coefficient (Wildman–Crippen LogP) is 2.41. The molecule has 0 amide bonds. The molecule has 0 heterocycles. The van der Waals surface area contributed by atoms with Crippen molar-refractivity contribution in [1.29, 1.82) is 0 Å². The highest BCUT2D eigenvalue weighted by Crippen LogP contribution is 2.19. The van der Waals surface area contributed by atoms with E-state index in [4.69, 9.17) is 32.8 Å². The highest BCUT2D eigenvalue weighted by molar-refractivity contribution is 6.53. The van der Waals surface area contributed by atoms with Crippen LogP contribution < -0.4 is 4.43 Å². The summed E-state index contributed by atoms with van der Waals surface area (Å²) < 4.78 is 20.9. The van der Waals surface area contributed by atoms with E-state index in [0.717, 1.165) is 0 Å².